The molecule has 0 saturated heterocycles. The molecule has 20 heavy (non-hydrogen) atoms. The van der Waals surface area contributed by atoms with Crippen LogP contribution in [0.4, 0.5) is 0 Å². The average molecular weight is 356 g/mol. The van der Waals surface area contributed by atoms with Crippen LogP contribution < -0.4 is 5.32 Å². The normalized spacial score (nSPS) is 26.2. The van der Waals surface area contributed by atoms with Crippen LogP contribution in [0, 0.1) is 11.8 Å². The largest absolute Gasteiger partial charge is 0.352 e. The lowest BCUT2D eigenvalue weighted by Crippen LogP contribution is -2.44. The third-order valence-corrected chi connectivity index (χ3v) is 5.78. The molecule has 1 N–H and O–H groups in total. The van der Waals surface area contributed by atoms with Gasteiger partial charge in [-0.05, 0) is 42.5 Å². The minimum absolute atomic E-state index is 0.156. The first-order chi connectivity index (χ1) is 9.56. The highest BCUT2D eigenvalue weighted by atomic mass is 79.9. The summed E-state index contributed by atoms with van der Waals surface area (Å²) in [4.78, 5) is 13.2. The van der Waals surface area contributed by atoms with Gasteiger partial charge in [-0.25, -0.2) is 0 Å². The second-order valence-electron chi connectivity index (χ2n) is 5.68. The highest BCUT2D eigenvalue weighted by Crippen LogP contribution is 2.29. The number of carbonyl (C=O) groups is 1. The summed E-state index contributed by atoms with van der Waals surface area (Å²) in [5, 5.41) is 3.21. The van der Waals surface area contributed by atoms with E-state index in [0.717, 1.165) is 15.8 Å². The van der Waals surface area contributed by atoms with E-state index in [2.05, 4.69) is 35.1 Å². The molecule has 0 aromatic heterocycles. The van der Waals surface area contributed by atoms with Crippen LogP contribution in [0.2, 0.25) is 0 Å². The number of thioether (sulfide) groups is 1. The summed E-state index contributed by atoms with van der Waals surface area (Å²) in [7, 11) is 0. The van der Waals surface area contributed by atoms with Crippen LogP contribution >= 0.6 is 27.7 Å². The van der Waals surface area contributed by atoms with Gasteiger partial charge in [0.25, 0.3) is 0 Å². The molecule has 0 spiro atoms. The van der Waals surface area contributed by atoms with E-state index in [1.165, 1.54) is 12.8 Å². The van der Waals surface area contributed by atoms with Crippen molar-refractivity contribution in [1.29, 1.82) is 0 Å². The molecule has 1 aliphatic rings. The number of carbonyl (C=O) groups excluding carboxylic acids is 1. The van der Waals surface area contributed by atoms with Crippen molar-refractivity contribution < 1.29 is 4.79 Å². The predicted octanol–water partition coefficient (Wildman–Crippen LogP) is 4.48. The summed E-state index contributed by atoms with van der Waals surface area (Å²) in [5.41, 5.74) is 0. The van der Waals surface area contributed by atoms with Crippen LogP contribution in [0.1, 0.15) is 33.1 Å². The van der Waals surface area contributed by atoms with Crippen LogP contribution in [0.3, 0.4) is 0 Å². The van der Waals surface area contributed by atoms with Crippen molar-refractivity contribution >= 4 is 33.6 Å². The van der Waals surface area contributed by atoms with Gasteiger partial charge in [0.1, 0.15) is 0 Å². The lowest BCUT2D eigenvalue weighted by atomic mass is 9.78. The molecule has 1 aromatic rings. The van der Waals surface area contributed by atoms with E-state index in [1.807, 2.05) is 24.3 Å². The molecule has 1 amide bonds. The van der Waals surface area contributed by atoms with E-state index in [1.54, 1.807) is 11.8 Å². The molecule has 1 aromatic carbocycles. The molecule has 1 saturated carbocycles. The van der Waals surface area contributed by atoms with E-state index < -0.39 is 0 Å². The number of hydrogen-bond donors (Lipinski definition) is 1. The van der Waals surface area contributed by atoms with Crippen molar-refractivity contribution in [3.63, 3.8) is 0 Å². The Morgan fingerprint density at radius 1 is 1.30 bits per heavy atom. The van der Waals surface area contributed by atoms with Gasteiger partial charge in [-0.2, -0.15) is 0 Å². The Labute approximate surface area is 134 Å². The molecule has 4 heteroatoms. The molecule has 1 fully saturated rings. The highest BCUT2D eigenvalue weighted by molar-refractivity contribution is 9.10. The van der Waals surface area contributed by atoms with E-state index in [9.17, 15) is 4.79 Å². The monoisotopic (exact) mass is 355 g/mol. The van der Waals surface area contributed by atoms with Crippen molar-refractivity contribution in [3.05, 3.63) is 28.7 Å². The zero-order valence-electron chi connectivity index (χ0n) is 12.1. The first-order valence-electron chi connectivity index (χ1n) is 7.24. The molecule has 0 heterocycles. The maximum atomic E-state index is 12.1. The van der Waals surface area contributed by atoms with E-state index in [0.29, 0.717) is 23.6 Å². The SMILES string of the molecule is C[C@@H]1[C@H](C)CCC[C@@H]1NC(=O)CSc1ccc(Br)cc1. The van der Waals surface area contributed by atoms with Crippen molar-refractivity contribution in [2.75, 3.05) is 5.75 Å². The number of amides is 1. The summed E-state index contributed by atoms with van der Waals surface area (Å²) in [6, 6.07) is 8.44. The molecule has 0 radical (unpaired) electrons. The van der Waals surface area contributed by atoms with Gasteiger partial charge >= 0.3 is 0 Å². The molecule has 0 bridgehead atoms. The molecular weight excluding hydrogens is 334 g/mol. The summed E-state index contributed by atoms with van der Waals surface area (Å²) < 4.78 is 1.07. The van der Waals surface area contributed by atoms with Gasteiger partial charge in [-0.15, -0.1) is 11.8 Å². The predicted molar refractivity (Wildman–Crippen MR) is 89.0 cm³/mol. The van der Waals surface area contributed by atoms with Gasteiger partial charge in [-0.3, -0.25) is 4.79 Å². The summed E-state index contributed by atoms with van der Waals surface area (Å²) >= 11 is 5.01. The summed E-state index contributed by atoms with van der Waals surface area (Å²) in [6.07, 6.45) is 3.65. The lowest BCUT2D eigenvalue weighted by Gasteiger charge is -2.34. The van der Waals surface area contributed by atoms with Crippen LogP contribution in [0.25, 0.3) is 0 Å². The maximum Gasteiger partial charge on any atom is 0.230 e. The molecule has 3 atom stereocenters. The Morgan fingerprint density at radius 3 is 2.70 bits per heavy atom. The first-order valence-corrected chi connectivity index (χ1v) is 9.02. The molecular formula is C16H22BrNOS. The number of rotatable bonds is 4. The van der Waals surface area contributed by atoms with E-state index in [-0.39, 0.29) is 5.91 Å². The smallest absolute Gasteiger partial charge is 0.230 e. The molecule has 0 aliphatic heterocycles. The first kappa shape index (κ1) is 15.9. The van der Waals surface area contributed by atoms with Crippen LogP contribution in [-0.2, 0) is 4.79 Å². The molecule has 2 nitrogen and oxygen atoms in total. The van der Waals surface area contributed by atoms with E-state index >= 15 is 0 Å². The summed E-state index contributed by atoms with van der Waals surface area (Å²) in [6.45, 7) is 4.55. The zero-order valence-corrected chi connectivity index (χ0v) is 14.5. The third-order valence-electron chi connectivity index (χ3n) is 4.24. The number of nitrogens with one attached hydrogen (secondary N) is 1. The molecule has 0 unspecified atom stereocenters. The van der Waals surface area contributed by atoms with Gasteiger partial charge < -0.3 is 5.32 Å². The van der Waals surface area contributed by atoms with Gasteiger partial charge in [0.15, 0.2) is 0 Å². The second-order valence-corrected chi connectivity index (χ2v) is 7.65. The Balaban J connectivity index is 1.79. The standard InChI is InChI=1S/C16H22BrNOS/c1-11-4-3-5-15(12(11)2)18-16(19)10-20-14-8-6-13(17)7-9-14/h6-9,11-12,15H,3-5,10H2,1-2H3,(H,18,19)/t11-,12-,15+/m1/s1. The van der Waals surface area contributed by atoms with Crippen molar-refractivity contribution in [1.82, 2.24) is 5.32 Å². The van der Waals surface area contributed by atoms with Gasteiger partial charge in [0.2, 0.25) is 5.91 Å². The van der Waals surface area contributed by atoms with Crippen LogP contribution in [0.5, 0.6) is 0 Å². The Bertz CT molecular complexity index is 448. The topological polar surface area (TPSA) is 29.1 Å². The number of halogens is 1. The van der Waals surface area contributed by atoms with Crippen LogP contribution in [0.15, 0.2) is 33.6 Å². The quantitative estimate of drug-likeness (QED) is 0.806. The lowest BCUT2D eigenvalue weighted by molar-refractivity contribution is -0.119. The van der Waals surface area contributed by atoms with Crippen LogP contribution in [-0.4, -0.2) is 17.7 Å². The molecule has 2 rings (SSSR count). The van der Waals surface area contributed by atoms with Gasteiger partial charge in [0.05, 0.1) is 5.75 Å². The second kappa shape index (κ2) is 7.51. The number of hydrogen-bond acceptors (Lipinski definition) is 2. The Hall–Kier alpha value is -0.480. The fraction of sp³-hybridized carbons (Fsp3) is 0.562. The Kier molecular flexibility index (Phi) is 5.97. The fourth-order valence-corrected chi connectivity index (χ4v) is 3.69. The van der Waals surface area contributed by atoms with Crippen molar-refractivity contribution in [2.24, 2.45) is 11.8 Å². The third kappa shape index (κ3) is 4.52. The summed E-state index contributed by atoms with van der Waals surface area (Å²) in [5.74, 6) is 1.96. The van der Waals surface area contributed by atoms with Gasteiger partial charge in [-0.1, -0.05) is 42.6 Å². The maximum absolute atomic E-state index is 12.1. The molecule has 1 aliphatic carbocycles. The minimum atomic E-state index is 0.156. The number of benzene rings is 1. The fourth-order valence-electron chi connectivity index (χ4n) is 2.71. The van der Waals surface area contributed by atoms with Crippen molar-refractivity contribution in [3.8, 4) is 0 Å². The average Bonchev–Trinajstić information content (AvgIpc) is 2.43. The highest BCUT2D eigenvalue weighted by Gasteiger charge is 2.27. The van der Waals surface area contributed by atoms with E-state index in [4.69, 9.17) is 0 Å². The van der Waals surface area contributed by atoms with Gasteiger partial charge in [0, 0.05) is 15.4 Å². The van der Waals surface area contributed by atoms with Crippen molar-refractivity contribution in [2.45, 2.75) is 44.0 Å². The molecule has 110 valence electrons. The Morgan fingerprint density at radius 2 is 2.00 bits per heavy atom. The minimum Gasteiger partial charge on any atom is -0.352 e. The zero-order chi connectivity index (χ0) is 14.5.